The highest BCUT2D eigenvalue weighted by Gasteiger charge is 2.25. The smallest absolute Gasteiger partial charge is 0.266 e. The number of para-hydroxylation sites is 1. The van der Waals surface area contributed by atoms with Crippen LogP contribution in [0.15, 0.2) is 42.5 Å². The van der Waals surface area contributed by atoms with E-state index in [4.69, 9.17) is 9.72 Å². The van der Waals surface area contributed by atoms with Crippen LogP contribution in [0.25, 0.3) is 10.2 Å². The molecule has 1 fully saturated rings. The molecule has 3 aromatic rings. The third kappa shape index (κ3) is 5.86. The van der Waals surface area contributed by atoms with Crippen molar-refractivity contribution in [3.63, 3.8) is 0 Å². The molecule has 1 amide bonds. The number of thiazole rings is 1. The monoisotopic (exact) mass is 502 g/mol. The highest BCUT2D eigenvalue weighted by Crippen LogP contribution is 2.29. The minimum atomic E-state index is -3.66. The highest BCUT2D eigenvalue weighted by atomic mass is 32.2. The lowest BCUT2D eigenvalue weighted by atomic mass is 10.1. The molecule has 0 aliphatic carbocycles. The largest absolute Gasteiger partial charge is 0.491 e. The molecule has 34 heavy (non-hydrogen) atoms. The van der Waals surface area contributed by atoms with Crippen molar-refractivity contribution in [3.05, 3.63) is 53.0 Å². The summed E-state index contributed by atoms with van der Waals surface area (Å²) in [5.41, 5.74) is 2.04. The van der Waals surface area contributed by atoms with Crippen molar-refractivity contribution in [1.82, 2.24) is 14.6 Å². The molecule has 0 atom stereocenters. The van der Waals surface area contributed by atoms with Crippen LogP contribution >= 0.6 is 11.3 Å². The van der Waals surface area contributed by atoms with E-state index in [0.717, 1.165) is 30.2 Å². The predicted octanol–water partition coefficient (Wildman–Crippen LogP) is 3.49. The average molecular weight is 503 g/mol. The van der Waals surface area contributed by atoms with Gasteiger partial charge >= 0.3 is 0 Å². The molecule has 1 N–H and O–H groups in total. The van der Waals surface area contributed by atoms with Crippen LogP contribution in [-0.2, 0) is 16.6 Å². The summed E-state index contributed by atoms with van der Waals surface area (Å²) in [6.45, 7) is 9.18. The van der Waals surface area contributed by atoms with Crippen molar-refractivity contribution >= 4 is 43.2 Å². The third-order valence-corrected chi connectivity index (χ3v) is 7.90. The van der Waals surface area contributed by atoms with E-state index in [0.29, 0.717) is 30.1 Å². The van der Waals surface area contributed by atoms with Gasteiger partial charge in [0.15, 0.2) is 0 Å². The van der Waals surface area contributed by atoms with Gasteiger partial charge in [0.25, 0.3) is 5.91 Å². The van der Waals surface area contributed by atoms with Crippen LogP contribution in [0.1, 0.15) is 36.1 Å². The van der Waals surface area contributed by atoms with Gasteiger partial charge in [0, 0.05) is 32.2 Å². The molecule has 2 aromatic carbocycles. The average Bonchev–Trinajstić information content (AvgIpc) is 3.21. The van der Waals surface area contributed by atoms with Gasteiger partial charge in [0.1, 0.15) is 10.8 Å². The van der Waals surface area contributed by atoms with Gasteiger partial charge in [0.2, 0.25) is 10.0 Å². The first-order chi connectivity index (χ1) is 16.2. The Morgan fingerprint density at radius 3 is 2.56 bits per heavy atom. The summed E-state index contributed by atoms with van der Waals surface area (Å²) in [4.78, 5) is 22.0. The SMILES string of the molecule is CCS(=O)(=O)NC(=O)c1ccc(OC(C)C)cc1N1CCN(Cc2nc3ccccc3s2)CC1. The number of hydrogen-bond acceptors (Lipinski definition) is 8. The molecule has 0 spiro atoms. The number of benzene rings is 2. The number of anilines is 1. The fourth-order valence-corrected chi connectivity index (χ4v) is 5.45. The Bertz CT molecular complexity index is 1230. The number of carbonyl (C=O) groups excluding carboxylic acids is 1. The zero-order chi connectivity index (χ0) is 24.3. The van der Waals surface area contributed by atoms with Crippen LogP contribution in [0.2, 0.25) is 0 Å². The first-order valence-electron chi connectivity index (χ1n) is 11.4. The molecule has 10 heteroatoms. The molecule has 0 saturated carbocycles. The van der Waals surface area contributed by atoms with E-state index >= 15 is 0 Å². The first-order valence-corrected chi connectivity index (χ1v) is 13.9. The summed E-state index contributed by atoms with van der Waals surface area (Å²) in [6, 6.07) is 13.3. The van der Waals surface area contributed by atoms with Crippen molar-refractivity contribution in [1.29, 1.82) is 0 Å². The molecule has 0 unspecified atom stereocenters. The van der Waals surface area contributed by atoms with Crippen LogP contribution in [0.3, 0.4) is 0 Å². The Hall–Kier alpha value is -2.69. The number of fused-ring (bicyclic) bond motifs is 1. The zero-order valence-electron chi connectivity index (χ0n) is 19.7. The van der Waals surface area contributed by atoms with E-state index in [1.165, 1.54) is 11.6 Å². The number of aromatic nitrogens is 1. The number of piperazine rings is 1. The van der Waals surface area contributed by atoms with Gasteiger partial charge in [-0.2, -0.15) is 0 Å². The van der Waals surface area contributed by atoms with E-state index in [9.17, 15) is 13.2 Å². The molecule has 4 rings (SSSR count). The van der Waals surface area contributed by atoms with E-state index < -0.39 is 15.9 Å². The lowest BCUT2D eigenvalue weighted by Crippen LogP contribution is -2.46. The minimum absolute atomic E-state index is 0.0151. The Morgan fingerprint density at radius 2 is 1.88 bits per heavy atom. The van der Waals surface area contributed by atoms with Crippen molar-refractivity contribution in [2.75, 3.05) is 36.8 Å². The van der Waals surface area contributed by atoms with E-state index in [1.54, 1.807) is 23.5 Å². The van der Waals surface area contributed by atoms with Gasteiger partial charge in [-0.1, -0.05) is 12.1 Å². The molecule has 0 bridgehead atoms. The van der Waals surface area contributed by atoms with Crippen LogP contribution in [0, 0.1) is 0 Å². The standard InChI is InChI=1S/C24H30N4O4S2/c1-4-34(30,31)26-24(29)19-10-9-18(32-17(2)3)15-21(19)28-13-11-27(12-14-28)16-23-25-20-7-5-6-8-22(20)33-23/h5-10,15,17H,4,11-14,16H2,1-3H3,(H,26,29). The second kappa shape index (κ2) is 10.3. The lowest BCUT2D eigenvalue weighted by Gasteiger charge is -2.36. The molecule has 182 valence electrons. The van der Waals surface area contributed by atoms with Crippen LogP contribution < -0.4 is 14.4 Å². The van der Waals surface area contributed by atoms with Gasteiger partial charge in [-0.05, 0) is 45.0 Å². The number of ether oxygens (including phenoxy) is 1. The normalized spacial score (nSPS) is 15.1. The molecule has 0 radical (unpaired) electrons. The second-order valence-electron chi connectivity index (χ2n) is 8.52. The fraction of sp³-hybridized carbons (Fsp3) is 0.417. The van der Waals surface area contributed by atoms with Gasteiger partial charge in [-0.25, -0.2) is 18.1 Å². The fourth-order valence-electron chi connectivity index (χ4n) is 3.90. The highest BCUT2D eigenvalue weighted by molar-refractivity contribution is 7.90. The maximum atomic E-state index is 12.8. The van der Waals surface area contributed by atoms with Crippen molar-refractivity contribution in [2.45, 2.75) is 33.4 Å². The van der Waals surface area contributed by atoms with Crippen LogP contribution in [0.5, 0.6) is 5.75 Å². The van der Waals surface area contributed by atoms with Crippen molar-refractivity contribution in [3.8, 4) is 5.75 Å². The Balaban J connectivity index is 1.50. The topological polar surface area (TPSA) is 91.8 Å². The molecular formula is C24H30N4O4S2. The van der Waals surface area contributed by atoms with E-state index in [-0.39, 0.29) is 11.9 Å². The van der Waals surface area contributed by atoms with E-state index in [2.05, 4.69) is 20.6 Å². The summed E-state index contributed by atoms with van der Waals surface area (Å²) >= 11 is 1.72. The molecule has 1 saturated heterocycles. The number of nitrogens with zero attached hydrogens (tertiary/aromatic N) is 3. The number of rotatable bonds is 8. The number of nitrogens with one attached hydrogen (secondary N) is 1. The second-order valence-corrected chi connectivity index (χ2v) is 11.6. The van der Waals surface area contributed by atoms with E-state index in [1.807, 2.05) is 38.1 Å². The quantitative estimate of drug-likeness (QED) is 0.504. The third-order valence-electron chi connectivity index (χ3n) is 5.62. The van der Waals surface area contributed by atoms with Gasteiger partial charge < -0.3 is 9.64 Å². The molecule has 1 aliphatic rings. The van der Waals surface area contributed by atoms with Crippen LogP contribution in [-0.4, -0.2) is 62.2 Å². The predicted molar refractivity (Wildman–Crippen MR) is 136 cm³/mol. The summed E-state index contributed by atoms with van der Waals surface area (Å²) < 4.78 is 33.2. The number of carbonyl (C=O) groups is 1. The Morgan fingerprint density at radius 1 is 1.15 bits per heavy atom. The molecular weight excluding hydrogens is 472 g/mol. The van der Waals surface area contributed by atoms with Crippen molar-refractivity contribution < 1.29 is 17.9 Å². The summed E-state index contributed by atoms with van der Waals surface area (Å²) in [7, 11) is -3.66. The first kappa shape index (κ1) is 24.4. The maximum Gasteiger partial charge on any atom is 0.266 e. The minimum Gasteiger partial charge on any atom is -0.491 e. The lowest BCUT2D eigenvalue weighted by molar-refractivity contribution is 0.0981. The van der Waals surface area contributed by atoms with Crippen molar-refractivity contribution in [2.24, 2.45) is 0 Å². The molecule has 2 heterocycles. The number of hydrogen-bond donors (Lipinski definition) is 1. The molecule has 1 aliphatic heterocycles. The summed E-state index contributed by atoms with van der Waals surface area (Å²) in [6.07, 6.45) is -0.0151. The number of sulfonamides is 1. The molecule has 8 nitrogen and oxygen atoms in total. The summed E-state index contributed by atoms with van der Waals surface area (Å²) in [5.74, 6) is -0.130. The molecule has 1 aromatic heterocycles. The van der Waals surface area contributed by atoms with Crippen LogP contribution in [0.4, 0.5) is 5.69 Å². The number of amides is 1. The zero-order valence-corrected chi connectivity index (χ0v) is 21.3. The Labute approximate surface area is 204 Å². The van der Waals surface area contributed by atoms with Gasteiger partial charge in [0.05, 0.1) is 39.9 Å². The van der Waals surface area contributed by atoms with Gasteiger partial charge in [-0.3, -0.25) is 9.69 Å². The maximum absolute atomic E-state index is 12.8. The van der Waals surface area contributed by atoms with Gasteiger partial charge in [-0.15, -0.1) is 11.3 Å². The Kier molecular flexibility index (Phi) is 7.39. The summed E-state index contributed by atoms with van der Waals surface area (Å²) in [5, 5.41) is 1.09.